The van der Waals surface area contributed by atoms with Crippen LogP contribution in [0.25, 0.3) is 33.4 Å². The van der Waals surface area contributed by atoms with Crippen LogP contribution in [0, 0.1) is 6.92 Å². The fourth-order valence-electron chi connectivity index (χ4n) is 16.1. The van der Waals surface area contributed by atoms with Crippen molar-refractivity contribution in [1.29, 1.82) is 0 Å². The quantitative estimate of drug-likeness (QED) is 0.113. The number of aryl methyl sites for hydroxylation is 1. The van der Waals surface area contributed by atoms with Crippen molar-refractivity contribution in [1.82, 2.24) is 0 Å². The third-order valence-electron chi connectivity index (χ3n) is 20.3. The number of nitrogens with zero attached hydrogens (tertiary/aromatic N) is 5. The predicted octanol–water partition coefficient (Wildman–Crippen LogP) is 20.8. The van der Waals surface area contributed by atoms with Crippen molar-refractivity contribution >= 4 is 143 Å². The summed E-state index contributed by atoms with van der Waals surface area (Å²) in [6.07, 6.45) is 0. The van der Waals surface area contributed by atoms with Crippen molar-refractivity contribution < 1.29 is 0 Å². The smallest absolute Gasteiger partial charge is 0.252 e. The van der Waals surface area contributed by atoms with Crippen LogP contribution in [-0.4, -0.2) is 13.4 Å². The summed E-state index contributed by atoms with van der Waals surface area (Å²) in [6.45, 7) is 2.02. The number of para-hydroxylation sites is 7. The monoisotopic (exact) mass is 1280 g/mol. The molecule has 0 saturated heterocycles. The first-order chi connectivity index (χ1) is 49.1. The molecule has 0 aliphatic carbocycles. The first-order valence-electron chi connectivity index (χ1n) is 34.1. The maximum atomic E-state index is 2.67. The van der Waals surface area contributed by atoms with Crippen molar-refractivity contribution in [3.05, 3.63) is 370 Å². The van der Waals surface area contributed by atoms with Crippen molar-refractivity contribution in [2.75, 3.05) is 24.5 Å². The molecule has 99 heavy (non-hydrogen) atoms. The lowest BCUT2D eigenvalue weighted by Crippen LogP contribution is -2.64. The van der Waals surface area contributed by atoms with Gasteiger partial charge in [0.15, 0.2) is 0 Å². The lowest BCUT2D eigenvalue weighted by Gasteiger charge is -2.46. The number of hydrogen-bond donors (Lipinski definition) is 0. The molecular formula is C91H63B2N5S. The van der Waals surface area contributed by atoms with Gasteiger partial charge in [0.05, 0.1) is 11.4 Å². The van der Waals surface area contributed by atoms with E-state index >= 15 is 0 Å². The molecule has 0 amide bonds. The number of hydrogen-bond acceptors (Lipinski definition) is 6. The van der Waals surface area contributed by atoms with Gasteiger partial charge in [-0.15, -0.1) is 0 Å². The van der Waals surface area contributed by atoms with Crippen molar-refractivity contribution in [2.24, 2.45) is 0 Å². The largest absolute Gasteiger partial charge is 0.311 e. The molecule has 0 saturated carbocycles. The van der Waals surface area contributed by atoms with Crippen LogP contribution in [0.5, 0.6) is 0 Å². The first kappa shape index (κ1) is 58.2. The van der Waals surface area contributed by atoms with E-state index in [1.54, 1.807) is 0 Å². The Hall–Kier alpha value is -12.2. The van der Waals surface area contributed by atoms with Gasteiger partial charge >= 0.3 is 0 Å². The van der Waals surface area contributed by atoms with E-state index in [0.717, 1.165) is 90.8 Å². The van der Waals surface area contributed by atoms with Crippen molar-refractivity contribution in [3.63, 3.8) is 0 Å². The van der Waals surface area contributed by atoms with Crippen LogP contribution in [0.2, 0.25) is 0 Å². The Kier molecular flexibility index (Phi) is 14.2. The Morgan fingerprint density at radius 1 is 0.253 bits per heavy atom. The summed E-state index contributed by atoms with van der Waals surface area (Å²) in [5.41, 5.74) is 32.6. The maximum Gasteiger partial charge on any atom is 0.252 e. The summed E-state index contributed by atoms with van der Waals surface area (Å²) >= 11 is 1.91. The van der Waals surface area contributed by atoms with E-state index in [1.807, 2.05) is 11.8 Å². The van der Waals surface area contributed by atoms with Gasteiger partial charge < -0.3 is 24.5 Å². The van der Waals surface area contributed by atoms with Crippen LogP contribution in [0.15, 0.2) is 374 Å². The van der Waals surface area contributed by atoms with Crippen LogP contribution >= 0.6 is 11.8 Å². The van der Waals surface area contributed by atoms with Gasteiger partial charge in [0.2, 0.25) is 6.71 Å². The third-order valence-corrected chi connectivity index (χ3v) is 21.4. The highest BCUT2D eigenvalue weighted by molar-refractivity contribution is 8.00. The van der Waals surface area contributed by atoms with Gasteiger partial charge in [-0.25, -0.2) is 0 Å². The minimum Gasteiger partial charge on any atom is -0.311 e. The molecule has 15 aromatic rings. The summed E-state index contributed by atoms with van der Waals surface area (Å²) in [5, 5.41) is 0. The van der Waals surface area contributed by atoms with E-state index in [9.17, 15) is 0 Å². The van der Waals surface area contributed by atoms with E-state index in [-0.39, 0.29) is 13.4 Å². The molecule has 5 nitrogen and oxygen atoms in total. The Morgan fingerprint density at radius 3 is 1.26 bits per heavy atom. The molecule has 19 rings (SSSR count). The summed E-state index contributed by atoms with van der Waals surface area (Å²) in [7, 11) is 0. The van der Waals surface area contributed by atoms with Gasteiger partial charge in [0.25, 0.3) is 6.71 Å². The molecular weight excluding hydrogens is 1220 g/mol. The highest BCUT2D eigenvalue weighted by Gasteiger charge is 2.48. The Bertz CT molecular complexity index is 5530. The van der Waals surface area contributed by atoms with Crippen molar-refractivity contribution in [3.8, 4) is 33.4 Å². The van der Waals surface area contributed by atoms with Crippen LogP contribution in [-0.2, 0) is 0 Å². The summed E-state index contributed by atoms with van der Waals surface area (Å²) in [6, 6.07) is 135. The molecule has 464 valence electrons. The second-order valence-electron chi connectivity index (χ2n) is 26.0. The summed E-state index contributed by atoms with van der Waals surface area (Å²) < 4.78 is 0. The second-order valence-corrected chi connectivity index (χ2v) is 27.1. The molecule has 0 fully saturated rings. The molecule has 0 N–H and O–H groups in total. The van der Waals surface area contributed by atoms with Crippen LogP contribution < -0.4 is 57.3 Å². The maximum absolute atomic E-state index is 2.67. The summed E-state index contributed by atoms with van der Waals surface area (Å²) in [5.74, 6) is 0. The fraction of sp³-hybridized carbons (Fsp3) is 0.0110. The van der Waals surface area contributed by atoms with Crippen LogP contribution in [0.3, 0.4) is 0 Å². The average Bonchev–Trinajstić information content (AvgIpc) is 0.687. The van der Waals surface area contributed by atoms with Gasteiger partial charge in [0.1, 0.15) is 0 Å². The summed E-state index contributed by atoms with van der Waals surface area (Å²) in [4.78, 5) is 15.1. The minimum absolute atomic E-state index is 0.123. The van der Waals surface area contributed by atoms with E-state index < -0.39 is 0 Å². The van der Waals surface area contributed by atoms with E-state index in [0.29, 0.717) is 0 Å². The topological polar surface area (TPSA) is 16.2 Å². The molecule has 0 spiro atoms. The zero-order valence-corrected chi connectivity index (χ0v) is 55.3. The zero-order chi connectivity index (χ0) is 65.5. The van der Waals surface area contributed by atoms with Crippen LogP contribution in [0.1, 0.15) is 5.56 Å². The fourth-order valence-corrected chi connectivity index (χ4v) is 17.3. The first-order valence-corrected chi connectivity index (χ1v) is 34.9. The Morgan fingerprint density at radius 2 is 0.677 bits per heavy atom. The molecule has 15 aromatic carbocycles. The molecule has 0 radical (unpaired) electrons. The van der Waals surface area contributed by atoms with Gasteiger partial charge in [-0.2, -0.15) is 0 Å². The van der Waals surface area contributed by atoms with E-state index in [4.69, 9.17) is 0 Å². The molecule has 0 unspecified atom stereocenters. The molecule has 4 aliphatic rings. The predicted molar refractivity (Wildman–Crippen MR) is 421 cm³/mol. The van der Waals surface area contributed by atoms with Gasteiger partial charge in [-0.1, -0.05) is 266 Å². The normalized spacial score (nSPS) is 12.8. The second kappa shape index (κ2) is 24.2. The lowest BCUT2D eigenvalue weighted by atomic mass is 9.31. The van der Waals surface area contributed by atoms with E-state index in [1.165, 1.54) is 76.1 Å². The highest BCUT2D eigenvalue weighted by atomic mass is 32.2. The van der Waals surface area contributed by atoms with Crippen molar-refractivity contribution in [2.45, 2.75) is 16.7 Å². The number of anilines is 15. The van der Waals surface area contributed by atoms with Gasteiger partial charge in [-0.05, 0) is 183 Å². The van der Waals surface area contributed by atoms with Gasteiger partial charge in [-0.3, -0.25) is 0 Å². The molecule has 4 heterocycles. The number of fused-ring (bicyclic) bond motifs is 8. The zero-order valence-electron chi connectivity index (χ0n) is 54.4. The molecule has 0 bridgehead atoms. The number of rotatable bonds is 12. The standard InChI is InChI=1S/C91H63B2N5S/c1-62-29-27-46-76(66-34-13-4-14-35-66)91(62)98-83-61-87-80(60-79(83)92-77-47-23-25-49-81(77)96(70-41-19-7-20-42-70)84-56-74(57-85(98)89(84)92)94(68-37-15-5-16-38-68)69-39-17-6-18-40-69)93-78-48-24-26-50-82(78)97(71-43-21-8-22-44-71)86-58-75(59-88(99-87)90(86)93)95(72-53-51-65(52-54-72)63-30-9-2-10-31-63)73-45-28-36-67(55-73)64-32-11-3-12-33-64/h2-61H,1H3. The van der Waals surface area contributed by atoms with E-state index in [2.05, 4.69) is 395 Å². The number of benzene rings is 15. The van der Waals surface area contributed by atoms with Crippen LogP contribution in [0.4, 0.5) is 85.3 Å². The minimum atomic E-state index is -0.163. The lowest BCUT2D eigenvalue weighted by molar-refractivity contribution is 1.21. The third kappa shape index (κ3) is 9.81. The molecule has 0 atom stereocenters. The highest BCUT2D eigenvalue weighted by Crippen LogP contribution is 2.53. The molecule has 8 heteroatoms. The van der Waals surface area contributed by atoms with Gasteiger partial charge in [0, 0.05) is 89.3 Å². The molecule has 4 aliphatic heterocycles. The Balaban J connectivity index is 0.894. The average molecular weight is 1280 g/mol. The Labute approximate surface area is 583 Å². The SMILES string of the molecule is Cc1cccc(-c2ccccc2)c1N1c2cc3c(cc2B2c4ccccc4N(c4ccccc4)c4cc(N(c5ccccc5)c5ccccc5)cc1c42)B1c2ccccc2N(c2ccccc2)c2cc(N(c4ccc(-c5ccccc5)cc4)c4cccc(-c5ccccc5)c4)cc(c21)S3. The molecule has 0 aromatic heterocycles.